The van der Waals surface area contributed by atoms with Crippen molar-refractivity contribution in [2.24, 2.45) is 5.73 Å². The summed E-state index contributed by atoms with van der Waals surface area (Å²) in [7, 11) is 2.10. The monoisotopic (exact) mass is 549 g/mol. The van der Waals surface area contributed by atoms with Gasteiger partial charge in [0, 0.05) is 49.3 Å². The molecule has 0 aliphatic carbocycles. The Kier molecular flexibility index (Phi) is 10.8. The highest BCUT2D eigenvalue weighted by Gasteiger charge is 2.17. The fraction of sp³-hybridized carbons (Fsp3) is 0.414. The summed E-state index contributed by atoms with van der Waals surface area (Å²) in [6.45, 7) is 5.11. The fourth-order valence-corrected chi connectivity index (χ4v) is 4.57. The summed E-state index contributed by atoms with van der Waals surface area (Å²) < 4.78 is 5.50. The second kappa shape index (κ2) is 14.7. The lowest BCUT2D eigenvalue weighted by atomic mass is 10.1. The smallest absolute Gasteiger partial charge is 0.323 e. The number of rotatable bonds is 14. The van der Waals surface area contributed by atoms with E-state index in [0.717, 1.165) is 60.8 Å². The van der Waals surface area contributed by atoms with Gasteiger partial charge in [-0.05, 0) is 62.0 Å². The van der Waals surface area contributed by atoms with Crippen molar-refractivity contribution in [1.29, 1.82) is 0 Å². The Labute approximate surface area is 235 Å². The van der Waals surface area contributed by atoms with E-state index >= 15 is 0 Å². The lowest BCUT2D eigenvalue weighted by Crippen LogP contribution is -2.39. The van der Waals surface area contributed by atoms with Gasteiger partial charge in [-0.2, -0.15) is 0 Å². The van der Waals surface area contributed by atoms with E-state index in [0.29, 0.717) is 25.7 Å². The molecule has 11 heteroatoms. The number of nitrogens with zero attached hydrogens (tertiary/aromatic N) is 4. The molecule has 6 N–H and O–H groups in total. The lowest BCUT2D eigenvalue weighted by Gasteiger charge is -2.29. The first-order valence-electron chi connectivity index (χ1n) is 13.6. The average molecular weight is 550 g/mol. The first kappa shape index (κ1) is 29.4. The lowest BCUT2D eigenvalue weighted by molar-refractivity contribution is -0.140. The van der Waals surface area contributed by atoms with Crippen LogP contribution in [0.25, 0.3) is 11.3 Å². The van der Waals surface area contributed by atoms with Crippen LogP contribution in [0.5, 0.6) is 0 Å². The van der Waals surface area contributed by atoms with Gasteiger partial charge in [0.15, 0.2) is 0 Å². The number of ether oxygens (including phenoxy) is 1. The van der Waals surface area contributed by atoms with Crippen molar-refractivity contribution in [2.75, 3.05) is 63.3 Å². The molecule has 0 amide bonds. The summed E-state index contributed by atoms with van der Waals surface area (Å²) in [5.41, 5.74) is 11.3. The van der Waals surface area contributed by atoms with E-state index in [9.17, 15) is 15.0 Å². The molecule has 1 aromatic heterocycles. The topological polar surface area (TPSA) is 149 Å². The number of hydrogen-bond acceptors (Lipinski definition) is 10. The Hall–Kier alpha value is -3.61. The number of hydrogen-bond donors (Lipinski definition) is 5. The molecule has 0 bridgehead atoms. The number of nitrogens with one attached hydrogen (secondary N) is 2. The predicted molar refractivity (Wildman–Crippen MR) is 156 cm³/mol. The molecule has 0 radical (unpaired) electrons. The van der Waals surface area contributed by atoms with Crippen LogP contribution in [0, 0.1) is 0 Å². The molecule has 214 valence electrons. The highest BCUT2D eigenvalue weighted by atomic mass is 16.5. The van der Waals surface area contributed by atoms with Gasteiger partial charge in [-0.3, -0.25) is 10.1 Å². The van der Waals surface area contributed by atoms with E-state index in [4.69, 9.17) is 15.5 Å². The maximum Gasteiger partial charge on any atom is 0.323 e. The van der Waals surface area contributed by atoms with E-state index in [1.54, 1.807) is 6.20 Å². The molecule has 40 heavy (non-hydrogen) atoms. The summed E-state index contributed by atoms with van der Waals surface area (Å²) in [5, 5.41) is 24.9. The standard InChI is InChI=1S/C29H39N7O4/c1-35(10-2-8-30)19-21-3-5-23(6-4-21)26-7-9-31-29(34-26)33-24-15-22(18-32-27(20-37)28(38)39)16-25(17-24)36-11-13-40-14-12-36/h3-7,9,15-17,27,32,37H,2,8,10-14,18-20,30H2,1H3,(H,38,39)(H,31,33,34). The van der Waals surface area contributed by atoms with Crippen LogP contribution in [0.15, 0.2) is 54.7 Å². The number of carboxylic acid groups (broad SMARTS) is 1. The van der Waals surface area contributed by atoms with Crippen molar-refractivity contribution in [2.45, 2.75) is 25.6 Å². The van der Waals surface area contributed by atoms with Crippen LogP contribution in [0.1, 0.15) is 17.5 Å². The quantitative estimate of drug-likeness (QED) is 0.201. The Morgan fingerprint density at radius 1 is 1.15 bits per heavy atom. The molecule has 0 saturated carbocycles. The van der Waals surface area contributed by atoms with Gasteiger partial charge < -0.3 is 35.8 Å². The number of aliphatic carboxylic acids is 1. The van der Waals surface area contributed by atoms with Crippen molar-refractivity contribution in [3.05, 3.63) is 65.9 Å². The highest BCUT2D eigenvalue weighted by Crippen LogP contribution is 2.26. The number of aliphatic hydroxyl groups excluding tert-OH is 1. The van der Waals surface area contributed by atoms with Crippen molar-refractivity contribution < 1.29 is 19.7 Å². The maximum atomic E-state index is 11.3. The summed E-state index contributed by atoms with van der Waals surface area (Å²) in [6, 6.07) is 15.2. The highest BCUT2D eigenvalue weighted by molar-refractivity contribution is 5.73. The Morgan fingerprint density at radius 3 is 2.62 bits per heavy atom. The van der Waals surface area contributed by atoms with Crippen LogP contribution in [-0.2, 0) is 22.6 Å². The van der Waals surface area contributed by atoms with Crippen LogP contribution < -0.4 is 21.3 Å². The van der Waals surface area contributed by atoms with Gasteiger partial charge in [0.2, 0.25) is 5.95 Å². The van der Waals surface area contributed by atoms with Gasteiger partial charge in [-0.25, -0.2) is 9.97 Å². The van der Waals surface area contributed by atoms with Crippen LogP contribution >= 0.6 is 0 Å². The number of benzene rings is 2. The molecule has 4 rings (SSSR count). The molecular formula is C29H39N7O4. The zero-order valence-corrected chi connectivity index (χ0v) is 22.9. The van der Waals surface area contributed by atoms with Gasteiger partial charge >= 0.3 is 5.97 Å². The molecule has 3 aromatic rings. The van der Waals surface area contributed by atoms with E-state index in [1.165, 1.54) is 5.56 Å². The Bertz CT molecular complexity index is 1240. The zero-order valence-electron chi connectivity index (χ0n) is 22.9. The molecule has 1 fully saturated rings. The molecule has 2 aromatic carbocycles. The SMILES string of the molecule is CN(CCCN)Cc1ccc(-c2ccnc(Nc3cc(CNC(CO)C(=O)O)cc(N4CCOCC4)c3)n2)cc1. The third-order valence-electron chi connectivity index (χ3n) is 6.74. The average Bonchev–Trinajstić information content (AvgIpc) is 2.97. The van der Waals surface area contributed by atoms with Crippen LogP contribution in [0.2, 0.25) is 0 Å². The number of nitrogens with two attached hydrogens (primary N) is 1. The van der Waals surface area contributed by atoms with Crippen molar-refractivity contribution in [3.63, 3.8) is 0 Å². The number of morpholine rings is 1. The molecule has 2 heterocycles. The summed E-state index contributed by atoms with van der Waals surface area (Å²) in [5.74, 6) is -0.637. The summed E-state index contributed by atoms with van der Waals surface area (Å²) in [4.78, 5) is 25.0. The van der Waals surface area contributed by atoms with E-state index in [1.807, 2.05) is 24.3 Å². The minimum absolute atomic E-state index is 0.277. The molecule has 1 aliphatic rings. The van der Waals surface area contributed by atoms with E-state index < -0.39 is 18.6 Å². The first-order valence-corrected chi connectivity index (χ1v) is 13.6. The minimum Gasteiger partial charge on any atom is -0.480 e. The molecule has 1 aliphatic heterocycles. The van der Waals surface area contributed by atoms with Gasteiger partial charge in [-0.1, -0.05) is 24.3 Å². The van der Waals surface area contributed by atoms with E-state index in [2.05, 4.69) is 56.7 Å². The van der Waals surface area contributed by atoms with Gasteiger partial charge in [0.05, 0.1) is 25.5 Å². The minimum atomic E-state index is -1.10. The van der Waals surface area contributed by atoms with Crippen LogP contribution in [0.3, 0.4) is 0 Å². The zero-order chi connectivity index (χ0) is 28.3. The second-order valence-electron chi connectivity index (χ2n) is 9.91. The number of aliphatic hydroxyl groups is 1. The van der Waals surface area contributed by atoms with Crippen molar-refractivity contribution >= 4 is 23.3 Å². The first-order chi connectivity index (χ1) is 19.4. The van der Waals surface area contributed by atoms with Crippen LogP contribution in [-0.4, -0.2) is 90.1 Å². The molecule has 1 atom stereocenters. The molecule has 0 spiro atoms. The normalized spacial score (nSPS) is 14.3. The van der Waals surface area contributed by atoms with E-state index in [-0.39, 0.29) is 6.54 Å². The van der Waals surface area contributed by atoms with Gasteiger partial charge in [0.25, 0.3) is 0 Å². The van der Waals surface area contributed by atoms with Gasteiger partial charge in [0.1, 0.15) is 6.04 Å². The number of carboxylic acids is 1. The summed E-state index contributed by atoms with van der Waals surface area (Å²) >= 11 is 0. The van der Waals surface area contributed by atoms with Crippen LogP contribution in [0.4, 0.5) is 17.3 Å². The molecular weight excluding hydrogens is 510 g/mol. The maximum absolute atomic E-state index is 11.3. The third-order valence-corrected chi connectivity index (χ3v) is 6.74. The predicted octanol–water partition coefficient (Wildman–Crippen LogP) is 2.04. The van der Waals surface area contributed by atoms with Gasteiger partial charge in [-0.15, -0.1) is 0 Å². The second-order valence-corrected chi connectivity index (χ2v) is 9.91. The Balaban J connectivity index is 1.51. The summed E-state index contributed by atoms with van der Waals surface area (Å²) in [6.07, 6.45) is 2.70. The number of anilines is 3. The largest absolute Gasteiger partial charge is 0.480 e. The number of aromatic nitrogens is 2. The molecule has 1 saturated heterocycles. The van der Waals surface area contributed by atoms with Crippen molar-refractivity contribution in [1.82, 2.24) is 20.2 Å². The third kappa shape index (κ3) is 8.44. The van der Waals surface area contributed by atoms with Crippen molar-refractivity contribution in [3.8, 4) is 11.3 Å². The molecule has 1 unspecified atom stereocenters. The number of carbonyl (C=O) groups is 1. The molecule has 11 nitrogen and oxygen atoms in total. The fourth-order valence-electron chi connectivity index (χ4n) is 4.57. The Morgan fingerprint density at radius 2 is 1.93 bits per heavy atom.